The van der Waals surface area contributed by atoms with Crippen molar-refractivity contribution >= 4 is 5.97 Å². The lowest BCUT2D eigenvalue weighted by molar-refractivity contribution is -0.138. The number of rotatable bonds is 4. The van der Waals surface area contributed by atoms with E-state index in [1.54, 1.807) is 13.0 Å². The molecule has 0 spiro atoms. The zero-order valence-corrected chi connectivity index (χ0v) is 10.3. The Labute approximate surface area is 108 Å². The third kappa shape index (κ3) is 3.98. The molecule has 0 saturated heterocycles. The fourth-order valence-corrected chi connectivity index (χ4v) is 1.59. The van der Waals surface area contributed by atoms with E-state index in [-0.39, 0.29) is 30.6 Å². The Kier molecular flexibility index (Phi) is 4.93. The Morgan fingerprint density at radius 3 is 2.63 bits per heavy atom. The summed E-state index contributed by atoms with van der Waals surface area (Å²) < 4.78 is 43.3. The van der Waals surface area contributed by atoms with Crippen LogP contribution in [0.3, 0.4) is 0 Å². The lowest BCUT2D eigenvalue weighted by Gasteiger charge is -2.13. The molecule has 1 aromatic rings. The second-order valence-electron chi connectivity index (χ2n) is 3.75. The molecule has 0 atom stereocenters. The van der Waals surface area contributed by atoms with Crippen LogP contribution < -0.4 is 0 Å². The molecule has 0 fully saturated rings. The Balaban J connectivity index is 3.16. The van der Waals surface area contributed by atoms with Gasteiger partial charge in [-0.15, -0.1) is 0 Å². The molecule has 0 N–H and O–H groups in total. The number of ether oxygens (including phenoxy) is 1. The summed E-state index contributed by atoms with van der Waals surface area (Å²) >= 11 is 0. The van der Waals surface area contributed by atoms with Crippen LogP contribution in [0.4, 0.5) is 13.2 Å². The molecule has 0 aliphatic carbocycles. The molecule has 0 heterocycles. The number of esters is 1. The fourth-order valence-electron chi connectivity index (χ4n) is 1.59. The molecular formula is C13H12F3NO2. The zero-order chi connectivity index (χ0) is 14.5. The number of nitrogens with zero attached hydrogens (tertiary/aromatic N) is 1. The van der Waals surface area contributed by atoms with E-state index in [0.29, 0.717) is 0 Å². The fraction of sp³-hybridized carbons (Fsp3) is 0.385. The Bertz CT molecular complexity index is 504. The molecule has 0 aromatic heterocycles. The number of benzene rings is 1. The number of carbonyl (C=O) groups excluding carboxylic acids is 1. The third-order valence-corrected chi connectivity index (χ3v) is 2.43. The van der Waals surface area contributed by atoms with Gasteiger partial charge < -0.3 is 4.74 Å². The van der Waals surface area contributed by atoms with E-state index in [9.17, 15) is 18.0 Å². The van der Waals surface area contributed by atoms with Crippen LogP contribution in [0.2, 0.25) is 0 Å². The predicted molar refractivity (Wildman–Crippen MR) is 61.3 cm³/mol. The summed E-state index contributed by atoms with van der Waals surface area (Å²) in [7, 11) is 0. The van der Waals surface area contributed by atoms with Crippen LogP contribution in [-0.4, -0.2) is 12.6 Å². The van der Waals surface area contributed by atoms with Crippen molar-refractivity contribution in [2.45, 2.75) is 25.9 Å². The maximum absolute atomic E-state index is 12.9. The van der Waals surface area contributed by atoms with Crippen molar-refractivity contribution in [2.24, 2.45) is 0 Å². The number of hydrogen-bond donors (Lipinski definition) is 0. The van der Waals surface area contributed by atoms with E-state index in [1.165, 1.54) is 12.1 Å². The molecule has 19 heavy (non-hydrogen) atoms. The molecule has 0 aliphatic heterocycles. The van der Waals surface area contributed by atoms with Crippen LogP contribution in [0.15, 0.2) is 18.2 Å². The number of aryl methyl sites for hydroxylation is 1. The molecule has 0 saturated carbocycles. The SMILES string of the molecule is CCOC(=O)c1ccc(CCC#N)c(C(F)(F)F)c1. The van der Waals surface area contributed by atoms with Gasteiger partial charge in [0.1, 0.15) is 0 Å². The first-order valence-corrected chi connectivity index (χ1v) is 5.64. The van der Waals surface area contributed by atoms with Crippen molar-refractivity contribution in [3.05, 3.63) is 34.9 Å². The molecular weight excluding hydrogens is 259 g/mol. The van der Waals surface area contributed by atoms with Crippen molar-refractivity contribution in [2.75, 3.05) is 6.61 Å². The highest BCUT2D eigenvalue weighted by Gasteiger charge is 2.34. The quantitative estimate of drug-likeness (QED) is 0.789. The Hall–Kier alpha value is -2.03. The monoisotopic (exact) mass is 271 g/mol. The van der Waals surface area contributed by atoms with E-state index in [1.807, 2.05) is 0 Å². The Morgan fingerprint density at radius 1 is 1.42 bits per heavy atom. The first-order valence-electron chi connectivity index (χ1n) is 5.64. The van der Waals surface area contributed by atoms with E-state index in [0.717, 1.165) is 6.07 Å². The lowest BCUT2D eigenvalue weighted by atomic mass is 10.00. The van der Waals surface area contributed by atoms with Crippen molar-refractivity contribution in [1.82, 2.24) is 0 Å². The number of nitriles is 1. The average molecular weight is 271 g/mol. The van der Waals surface area contributed by atoms with E-state index in [4.69, 9.17) is 5.26 Å². The molecule has 0 unspecified atom stereocenters. The summed E-state index contributed by atoms with van der Waals surface area (Å²) in [4.78, 5) is 11.4. The van der Waals surface area contributed by atoms with Crippen LogP contribution in [0, 0.1) is 11.3 Å². The van der Waals surface area contributed by atoms with Gasteiger partial charge in [-0.2, -0.15) is 18.4 Å². The maximum atomic E-state index is 12.9. The molecule has 0 radical (unpaired) electrons. The molecule has 0 bridgehead atoms. The molecule has 0 amide bonds. The van der Waals surface area contributed by atoms with Gasteiger partial charge in [0.2, 0.25) is 0 Å². The third-order valence-electron chi connectivity index (χ3n) is 2.43. The smallest absolute Gasteiger partial charge is 0.416 e. The van der Waals surface area contributed by atoms with Crippen molar-refractivity contribution in [3.8, 4) is 6.07 Å². The van der Waals surface area contributed by atoms with Crippen molar-refractivity contribution in [1.29, 1.82) is 5.26 Å². The summed E-state index contributed by atoms with van der Waals surface area (Å²) in [5.41, 5.74) is -1.04. The summed E-state index contributed by atoms with van der Waals surface area (Å²) in [5, 5.41) is 8.43. The highest BCUT2D eigenvalue weighted by atomic mass is 19.4. The van der Waals surface area contributed by atoms with E-state index >= 15 is 0 Å². The largest absolute Gasteiger partial charge is 0.462 e. The minimum absolute atomic E-state index is 0.00194. The standard InChI is InChI=1S/C13H12F3NO2/c1-2-19-12(18)10-6-5-9(4-3-7-17)11(8-10)13(14,15)16/h5-6,8H,2-4H2,1H3. The van der Waals surface area contributed by atoms with Gasteiger partial charge in [0.05, 0.1) is 23.8 Å². The summed E-state index contributed by atoms with van der Waals surface area (Å²) in [6, 6.07) is 5.05. The minimum Gasteiger partial charge on any atom is -0.462 e. The first kappa shape index (κ1) is 15.0. The van der Waals surface area contributed by atoms with Crippen LogP contribution >= 0.6 is 0 Å². The molecule has 6 heteroatoms. The van der Waals surface area contributed by atoms with Crippen molar-refractivity contribution in [3.63, 3.8) is 0 Å². The highest BCUT2D eigenvalue weighted by Crippen LogP contribution is 2.33. The predicted octanol–water partition coefficient (Wildman–Crippen LogP) is 3.34. The Morgan fingerprint density at radius 2 is 2.11 bits per heavy atom. The number of halogens is 3. The lowest BCUT2D eigenvalue weighted by Crippen LogP contribution is -2.12. The van der Waals surface area contributed by atoms with Gasteiger partial charge in [0, 0.05) is 6.42 Å². The van der Waals surface area contributed by atoms with Gasteiger partial charge >= 0.3 is 12.1 Å². The molecule has 0 aliphatic rings. The minimum atomic E-state index is -4.56. The van der Waals surface area contributed by atoms with Crippen LogP contribution in [0.25, 0.3) is 0 Å². The zero-order valence-electron chi connectivity index (χ0n) is 10.3. The van der Waals surface area contributed by atoms with Gasteiger partial charge in [-0.1, -0.05) is 6.07 Å². The van der Waals surface area contributed by atoms with Crippen LogP contribution in [-0.2, 0) is 17.3 Å². The van der Waals surface area contributed by atoms with Gasteiger partial charge in [0.15, 0.2) is 0 Å². The second-order valence-corrected chi connectivity index (χ2v) is 3.75. The number of carbonyl (C=O) groups is 1. The summed E-state index contributed by atoms with van der Waals surface area (Å²) in [6.45, 7) is 1.67. The van der Waals surface area contributed by atoms with E-state index in [2.05, 4.69) is 4.74 Å². The number of hydrogen-bond acceptors (Lipinski definition) is 3. The van der Waals surface area contributed by atoms with Gasteiger partial charge in [-0.3, -0.25) is 0 Å². The number of alkyl halides is 3. The molecule has 1 aromatic carbocycles. The second kappa shape index (κ2) is 6.23. The first-order chi connectivity index (χ1) is 8.90. The maximum Gasteiger partial charge on any atom is 0.416 e. The molecule has 102 valence electrons. The summed E-state index contributed by atoms with van der Waals surface area (Å²) in [5.74, 6) is -0.792. The highest BCUT2D eigenvalue weighted by molar-refractivity contribution is 5.89. The normalized spacial score (nSPS) is 10.9. The van der Waals surface area contributed by atoms with Gasteiger partial charge in [0.25, 0.3) is 0 Å². The van der Waals surface area contributed by atoms with Gasteiger partial charge in [-0.05, 0) is 31.0 Å². The molecule has 1 rings (SSSR count). The van der Waals surface area contributed by atoms with Crippen LogP contribution in [0.1, 0.15) is 34.8 Å². The van der Waals surface area contributed by atoms with Crippen molar-refractivity contribution < 1.29 is 22.7 Å². The average Bonchev–Trinajstić information content (AvgIpc) is 2.35. The van der Waals surface area contributed by atoms with Crippen LogP contribution in [0.5, 0.6) is 0 Å². The summed E-state index contributed by atoms with van der Waals surface area (Å²) in [6.07, 6.45) is -4.58. The molecule has 3 nitrogen and oxygen atoms in total. The topological polar surface area (TPSA) is 50.1 Å². The van der Waals surface area contributed by atoms with Gasteiger partial charge in [-0.25, -0.2) is 4.79 Å². The van der Waals surface area contributed by atoms with E-state index < -0.39 is 17.7 Å².